The maximum absolute atomic E-state index is 11.2. The molecule has 2 atom stereocenters. The summed E-state index contributed by atoms with van der Waals surface area (Å²) in [6, 6.07) is 0. The lowest BCUT2D eigenvalue weighted by molar-refractivity contribution is -0.161. The second-order valence-electron chi connectivity index (χ2n) is 4.01. The van der Waals surface area contributed by atoms with Crippen molar-refractivity contribution in [1.29, 1.82) is 0 Å². The van der Waals surface area contributed by atoms with Gasteiger partial charge in [-0.2, -0.15) is 0 Å². The summed E-state index contributed by atoms with van der Waals surface area (Å²) < 4.78 is 20.7. The van der Waals surface area contributed by atoms with Gasteiger partial charge in [0.2, 0.25) is 0 Å². The lowest BCUT2D eigenvalue weighted by atomic mass is 9.99. The van der Waals surface area contributed by atoms with Crippen LogP contribution in [0.25, 0.3) is 0 Å². The van der Waals surface area contributed by atoms with Gasteiger partial charge in [-0.05, 0) is 19.3 Å². The Bertz CT molecular complexity index is 268. The van der Waals surface area contributed by atoms with Crippen molar-refractivity contribution in [2.75, 3.05) is 0 Å². The fourth-order valence-corrected chi connectivity index (χ4v) is 1.69. The smallest absolute Gasteiger partial charge is 0.306 e. The van der Waals surface area contributed by atoms with Crippen LogP contribution >= 0.6 is 0 Å². The van der Waals surface area contributed by atoms with Gasteiger partial charge in [0.15, 0.2) is 0 Å². The zero-order valence-corrected chi connectivity index (χ0v) is 9.42. The van der Waals surface area contributed by atoms with Gasteiger partial charge in [0.1, 0.15) is 6.08 Å². The third-order valence-corrected chi connectivity index (χ3v) is 2.61. The van der Waals surface area contributed by atoms with Crippen molar-refractivity contribution >= 4 is 5.97 Å². The van der Waals surface area contributed by atoms with Crippen LogP contribution in [-0.2, 0) is 9.53 Å². The Labute approximate surface area is 94.6 Å². The maximum Gasteiger partial charge on any atom is 0.306 e. The molecule has 3 heteroatoms. The highest BCUT2D eigenvalue weighted by Gasteiger charge is 2.26. The Morgan fingerprint density at radius 2 is 2.47 bits per heavy atom. The van der Waals surface area contributed by atoms with Gasteiger partial charge in [0.05, 0.1) is 8.82 Å². The van der Waals surface area contributed by atoms with Crippen LogP contribution in [0, 0.1) is 0 Å². The van der Waals surface area contributed by atoms with E-state index in [0.717, 1.165) is 19.3 Å². The van der Waals surface area contributed by atoms with Gasteiger partial charge < -0.3 is 9.84 Å². The van der Waals surface area contributed by atoms with Crippen LogP contribution in [0.2, 0.25) is 0 Å². The van der Waals surface area contributed by atoms with Crippen molar-refractivity contribution in [3.05, 3.63) is 0 Å². The Kier molecular flexibility index (Phi) is 4.39. The van der Waals surface area contributed by atoms with Gasteiger partial charge in [0.25, 0.3) is 0 Å². The van der Waals surface area contributed by atoms with E-state index in [1.807, 2.05) is 0 Å². The second-order valence-corrected chi connectivity index (χ2v) is 4.01. The molecule has 0 amide bonds. The van der Waals surface area contributed by atoms with Crippen LogP contribution < -0.4 is 0 Å². The Morgan fingerprint density at radius 3 is 3.13 bits per heavy atom. The highest BCUT2D eigenvalue weighted by atomic mass is 16.6. The lowest BCUT2D eigenvalue weighted by Crippen LogP contribution is -2.34. The summed E-state index contributed by atoms with van der Waals surface area (Å²) in [5, 5.41) is 10.0. The molecule has 1 heterocycles. The average Bonchev–Trinajstić information content (AvgIpc) is 2.24. The molecular formula is C12H22O3. The normalized spacial score (nSPS) is 32.5. The van der Waals surface area contributed by atoms with Crippen molar-refractivity contribution in [2.24, 2.45) is 0 Å². The molecule has 3 nitrogen and oxygen atoms in total. The molecule has 0 spiro atoms. The summed E-state index contributed by atoms with van der Waals surface area (Å²) in [5.74, 6) is -0.481. The van der Waals surface area contributed by atoms with Crippen molar-refractivity contribution in [3.63, 3.8) is 0 Å². The molecule has 1 fully saturated rings. The van der Waals surface area contributed by atoms with E-state index in [0.29, 0.717) is 12.8 Å². The van der Waals surface area contributed by atoms with Crippen LogP contribution in [0.3, 0.4) is 0 Å². The molecule has 1 aliphatic rings. The van der Waals surface area contributed by atoms with Crippen LogP contribution in [0.15, 0.2) is 0 Å². The van der Waals surface area contributed by atoms with Crippen LogP contribution in [-0.4, -0.2) is 23.2 Å². The third-order valence-electron chi connectivity index (χ3n) is 2.61. The van der Waals surface area contributed by atoms with Crippen molar-refractivity contribution < 1.29 is 17.4 Å². The minimum Gasteiger partial charge on any atom is -0.460 e. The molecule has 0 saturated carbocycles. The average molecular weight is 216 g/mol. The topological polar surface area (TPSA) is 46.5 Å². The first kappa shape index (κ1) is 9.64. The van der Waals surface area contributed by atoms with E-state index in [9.17, 15) is 9.90 Å². The number of cyclic esters (lactones) is 1. The molecule has 15 heavy (non-hydrogen) atoms. The summed E-state index contributed by atoms with van der Waals surface area (Å²) in [5.41, 5.74) is 0. The summed E-state index contributed by atoms with van der Waals surface area (Å²) in [7, 11) is 0. The predicted octanol–water partition coefficient (Wildman–Crippen LogP) is 2.41. The molecule has 0 radical (unpaired) electrons. The zero-order chi connectivity index (χ0) is 12.9. The minimum absolute atomic E-state index is 0.184. The first-order chi connectivity index (χ1) is 7.91. The van der Waals surface area contributed by atoms with E-state index in [4.69, 9.17) is 7.48 Å². The molecule has 0 unspecified atom stereocenters. The van der Waals surface area contributed by atoms with Crippen molar-refractivity contribution in [2.45, 2.75) is 70.5 Å². The highest BCUT2D eigenvalue weighted by molar-refractivity contribution is 5.70. The number of aliphatic hydroxyl groups is 1. The Balaban J connectivity index is 2.51. The summed E-state index contributed by atoms with van der Waals surface area (Å²) in [6.45, 7) is 2.09. The fraction of sp³-hybridized carbons (Fsp3) is 0.917. The van der Waals surface area contributed by atoms with E-state index >= 15 is 0 Å². The predicted molar refractivity (Wildman–Crippen MR) is 58.5 cm³/mol. The number of unbranched alkanes of at least 4 members (excludes halogenated alkanes) is 3. The van der Waals surface area contributed by atoms with Gasteiger partial charge >= 0.3 is 5.97 Å². The summed E-state index contributed by atoms with van der Waals surface area (Å²) >= 11 is 0. The summed E-state index contributed by atoms with van der Waals surface area (Å²) in [4.78, 5) is 11.2. The Morgan fingerprint density at radius 1 is 1.67 bits per heavy atom. The maximum atomic E-state index is 11.2. The quantitative estimate of drug-likeness (QED) is 0.548. The molecule has 1 saturated heterocycles. The zero-order valence-electron chi connectivity index (χ0n) is 11.4. The molecule has 1 aliphatic heterocycles. The first-order valence-electron chi connectivity index (χ1n) is 6.85. The van der Waals surface area contributed by atoms with Gasteiger partial charge in [-0.1, -0.05) is 32.6 Å². The second kappa shape index (κ2) is 6.83. The number of rotatable bonds is 6. The number of esters is 1. The van der Waals surface area contributed by atoms with Crippen LogP contribution in [0.4, 0.5) is 0 Å². The van der Waals surface area contributed by atoms with E-state index in [2.05, 4.69) is 6.92 Å². The van der Waals surface area contributed by atoms with Crippen molar-refractivity contribution in [3.8, 4) is 0 Å². The third kappa shape index (κ3) is 4.65. The van der Waals surface area contributed by atoms with Gasteiger partial charge in [-0.25, -0.2) is 0 Å². The molecule has 0 aromatic heterocycles. The van der Waals surface area contributed by atoms with E-state index in [1.165, 1.54) is 0 Å². The SMILES string of the molecule is [2H][C@](O)(CCCCCC)[C@@]1([2H])CCCC(=O)O1. The largest absolute Gasteiger partial charge is 0.460 e. The number of ether oxygens (including phenoxy) is 1. The van der Waals surface area contributed by atoms with E-state index in [-0.39, 0.29) is 19.3 Å². The molecule has 0 aromatic rings. The highest BCUT2D eigenvalue weighted by Crippen LogP contribution is 2.20. The van der Waals surface area contributed by atoms with Gasteiger partial charge in [-0.15, -0.1) is 0 Å². The number of hydrogen-bond acceptors (Lipinski definition) is 3. The fourth-order valence-electron chi connectivity index (χ4n) is 1.69. The van der Waals surface area contributed by atoms with Crippen LogP contribution in [0.1, 0.15) is 61.0 Å². The molecule has 0 aliphatic carbocycles. The van der Waals surface area contributed by atoms with Crippen molar-refractivity contribution in [1.82, 2.24) is 0 Å². The number of carbonyl (C=O) groups is 1. The monoisotopic (exact) mass is 216 g/mol. The van der Waals surface area contributed by atoms with E-state index < -0.39 is 18.1 Å². The Hall–Kier alpha value is -0.570. The standard InChI is InChI=1S/C12H22O3/c1-2-3-4-5-7-10(13)11-8-6-9-12(14)15-11/h10-11,13H,2-9H2,1H3/t10-,11+/m0/s1/i10D,11D. The summed E-state index contributed by atoms with van der Waals surface area (Å²) in [6.07, 6.45) is 1.21. The lowest BCUT2D eigenvalue weighted by Gasteiger charge is -2.26. The first-order valence-corrected chi connectivity index (χ1v) is 5.85. The number of carbonyl (C=O) groups excluding carboxylic acids is 1. The number of hydrogen-bond donors (Lipinski definition) is 1. The molecular weight excluding hydrogens is 192 g/mol. The molecule has 88 valence electrons. The van der Waals surface area contributed by atoms with Gasteiger partial charge in [-0.3, -0.25) is 4.79 Å². The van der Waals surface area contributed by atoms with Gasteiger partial charge in [0, 0.05) is 6.42 Å². The minimum atomic E-state index is -1.99. The molecule has 1 N–H and O–H groups in total. The van der Waals surface area contributed by atoms with Crippen LogP contribution in [0.5, 0.6) is 0 Å². The molecule has 0 aromatic carbocycles. The molecule has 0 bridgehead atoms. The van der Waals surface area contributed by atoms with E-state index in [1.54, 1.807) is 0 Å². The molecule has 1 rings (SSSR count).